The molecule has 1 rings (SSSR count). The number of Topliss-reactive ketones (excluding diaryl/α,β-unsaturated/α-hetero) is 1. The summed E-state index contributed by atoms with van der Waals surface area (Å²) in [7, 11) is 1.12. The molecule has 0 spiro atoms. The van der Waals surface area contributed by atoms with Gasteiger partial charge in [0, 0.05) is 6.42 Å². The van der Waals surface area contributed by atoms with Gasteiger partial charge in [0.25, 0.3) is 0 Å². The summed E-state index contributed by atoms with van der Waals surface area (Å²) in [5, 5.41) is 0. The molecule has 0 aromatic heterocycles. The Balaban J connectivity index is 2.43. The fraction of sp³-hybridized carbons (Fsp3) is 0.615. The van der Waals surface area contributed by atoms with Crippen molar-refractivity contribution >= 4 is 17.9 Å². The highest BCUT2D eigenvalue weighted by Gasteiger charge is 2.57. The van der Waals surface area contributed by atoms with Gasteiger partial charge >= 0.3 is 12.1 Å². The lowest BCUT2D eigenvalue weighted by Crippen LogP contribution is -2.29. The Morgan fingerprint density at radius 1 is 1.28 bits per heavy atom. The molecule has 1 aliphatic rings. The van der Waals surface area contributed by atoms with E-state index in [2.05, 4.69) is 16.1 Å². The van der Waals surface area contributed by atoms with Gasteiger partial charge in [0.1, 0.15) is 11.2 Å². The van der Waals surface area contributed by atoms with Crippen LogP contribution in [0.5, 0.6) is 0 Å². The van der Waals surface area contributed by atoms with Crippen molar-refractivity contribution in [2.24, 2.45) is 5.41 Å². The first-order valence-electron chi connectivity index (χ1n) is 6.01. The molecule has 100 valence electrons. The van der Waals surface area contributed by atoms with E-state index in [0.717, 1.165) is 26.4 Å². The molecule has 0 aliphatic heterocycles. The maximum Gasteiger partial charge on any atom is 0.515 e. The zero-order valence-corrected chi connectivity index (χ0v) is 10.6. The highest BCUT2D eigenvalue weighted by Crippen LogP contribution is 2.48. The summed E-state index contributed by atoms with van der Waals surface area (Å²) in [6.45, 7) is 3.60. The summed E-state index contributed by atoms with van der Waals surface area (Å²) in [5.41, 5.74) is -1.08. The van der Waals surface area contributed by atoms with Gasteiger partial charge in [-0.2, -0.15) is 0 Å². The maximum absolute atomic E-state index is 11.9. The second-order valence-corrected chi connectivity index (χ2v) is 4.38. The molecule has 5 heteroatoms. The number of ketones is 1. The van der Waals surface area contributed by atoms with Gasteiger partial charge in [-0.05, 0) is 32.1 Å². The first-order chi connectivity index (χ1) is 8.56. The number of carbonyl (C=O) groups is 3. The summed E-state index contributed by atoms with van der Waals surface area (Å²) < 4.78 is 8.67. The van der Waals surface area contributed by atoms with Crippen LogP contribution in [0.15, 0.2) is 12.7 Å². The first-order valence-corrected chi connectivity index (χ1v) is 6.01. The van der Waals surface area contributed by atoms with E-state index in [0.29, 0.717) is 19.3 Å². The van der Waals surface area contributed by atoms with Crippen LogP contribution >= 0.6 is 0 Å². The smallest absolute Gasteiger partial charge is 0.437 e. The number of hydrogen-bond donors (Lipinski definition) is 0. The molecule has 1 aliphatic carbocycles. The van der Waals surface area contributed by atoms with E-state index in [-0.39, 0.29) is 5.78 Å². The summed E-state index contributed by atoms with van der Waals surface area (Å²) in [4.78, 5) is 34.4. The standard InChI is InChI=1S/C13H18O5/c1-3-4-5-6-7-10(14)13(8-9-13)11(15)18-12(16)17-2/h3H,1,4-9H2,2H3. The van der Waals surface area contributed by atoms with Gasteiger partial charge in [0.05, 0.1) is 7.11 Å². The Bertz CT molecular complexity index is 354. The molecule has 0 bridgehead atoms. The Hall–Kier alpha value is -1.65. The van der Waals surface area contributed by atoms with Crippen molar-refractivity contribution in [2.75, 3.05) is 7.11 Å². The summed E-state index contributed by atoms with van der Waals surface area (Å²) in [6.07, 6.45) is 4.44. The fourth-order valence-corrected chi connectivity index (χ4v) is 1.75. The molecule has 0 aromatic carbocycles. The van der Waals surface area contributed by atoms with Crippen molar-refractivity contribution in [1.82, 2.24) is 0 Å². The largest absolute Gasteiger partial charge is 0.515 e. The van der Waals surface area contributed by atoms with Gasteiger partial charge < -0.3 is 9.47 Å². The molecule has 1 fully saturated rings. The number of rotatable bonds is 7. The number of esters is 1. The number of unbranched alkanes of at least 4 members (excludes halogenated alkanes) is 2. The van der Waals surface area contributed by atoms with Crippen molar-refractivity contribution in [1.29, 1.82) is 0 Å². The third-order valence-corrected chi connectivity index (χ3v) is 3.08. The highest BCUT2D eigenvalue weighted by atomic mass is 16.7. The fourth-order valence-electron chi connectivity index (χ4n) is 1.75. The number of hydrogen-bond acceptors (Lipinski definition) is 5. The van der Waals surface area contributed by atoms with E-state index in [1.54, 1.807) is 6.08 Å². The van der Waals surface area contributed by atoms with Gasteiger partial charge in [-0.15, -0.1) is 6.58 Å². The van der Waals surface area contributed by atoms with Crippen molar-refractivity contribution in [3.05, 3.63) is 12.7 Å². The van der Waals surface area contributed by atoms with Crippen LogP contribution in [0.4, 0.5) is 4.79 Å². The molecule has 0 atom stereocenters. The number of allylic oxidation sites excluding steroid dienone is 1. The van der Waals surface area contributed by atoms with Gasteiger partial charge in [0.15, 0.2) is 0 Å². The molecule has 0 saturated heterocycles. The van der Waals surface area contributed by atoms with Crippen LogP contribution < -0.4 is 0 Å². The molecule has 5 nitrogen and oxygen atoms in total. The van der Waals surface area contributed by atoms with Crippen LogP contribution in [0, 0.1) is 5.41 Å². The van der Waals surface area contributed by atoms with Crippen molar-refractivity contribution in [3.63, 3.8) is 0 Å². The third-order valence-electron chi connectivity index (χ3n) is 3.08. The molecule has 1 saturated carbocycles. The monoisotopic (exact) mass is 254 g/mol. The lowest BCUT2D eigenvalue weighted by molar-refractivity contribution is -0.150. The minimum absolute atomic E-state index is 0.138. The maximum atomic E-state index is 11.9. The normalized spacial score (nSPS) is 15.6. The molecular weight excluding hydrogens is 236 g/mol. The zero-order valence-electron chi connectivity index (χ0n) is 10.6. The second-order valence-electron chi connectivity index (χ2n) is 4.38. The number of carbonyl (C=O) groups excluding carboxylic acids is 3. The average Bonchev–Trinajstić information content (AvgIpc) is 3.15. The van der Waals surface area contributed by atoms with Crippen LogP contribution in [0.3, 0.4) is 0 Å². The van der Waals surface area contributed by atoms with Crippen LogP contribution in [0.25, 0.3) is 0 Å². The van der Waals surface area contributed by atoms with Crippen molar-refractivity contribution in [3.8, 4) is 0 Å². The molecule has 0 amide bonds. The van der Waals surface area contributed by atoms with Crippen LogP contribution in [0.1, 0.15) is 38.5 Å². The zero-order chi connectivity index (χ0) is 13.6. The molecule has 18 heavy (non-hydrogen) atoms. The lowest BCUT2D eigenvalue weighted by atomic mass is 9.96. The highest BCUT2D eigenvalue weighted by molar-refractivity contribution is 6.08. The third kappa shape index (κ3) is 3.42. The first kappa shape index (κ1) is 14.4. The summed E-state index contributed by atoms with van der Waals surface area (Å²) >= 11 is 0. The van der Waals surface area contributed by atoms with Gasteiger partial charge in [-0.3, -0.25) is 9.59 Å². The van der Waals surface area contributed by atoms with Crippen molar-refractivity contribution in [2.45, 2.75) is 38.5 Å². The predicted molar refractivity (Wildman–Crippen MR) is 63.8 cm³/mol. The Morgan fingerprint density at radius 2 is 1.94 bits per heavy atom. The topological polar surface area (TPSA) is 69.7 Å². The predicted octanol–water partition coefficient (Wildman–Crippen LogP) is 2.39. The Kier molecular flexibility index (Phi) is 5.07. The van der Waals surface area contributed by atoms with E-state index in [1.165, 1.54) is 0 Å². The van der Waals surface area contributed by atoms with E-state index < -0.39 is 17.5 Å². The van der Waals surface area contributed by atoms with Gasteiger partial charge in [-0.1, -0.05) is 6.08 Å². The number of ether oxygens (including phenoxy) is 2. The van der Waals surface area contributed by atoms with Crippen molar-refractivity contribution < 1.29 is 23.9 Å². The van der Waals surface area contributed by atoms with Gasteiger partial charge in [-0.25, -0.2) is 4.79 Å². The van der Waals surface area contributed by atoms with Gasteiger partial charge in [0.2, 0.25) is 0 Å². The summed E-state index contributed by atoms with van der Waals surface area (Å²) in [5.74, 6) is -0.913. The van der Waals surface area contributed by atoms with E-state index >= 15 is 0 Å². The second kappa shape index (κ2) is 6.33. The summed E-state index contributed by atoms with van der Waals surface area (Å²) in [6, 6.07) is 0. The lowest BCUT2D eigenvalue weighted by Gasteiger charge is -2.11. The molecule has 0 radical (unpaired) electrons. The minimum atomic E-state index is -1.08. The molecule has 0 aromatic rings. The Labute approximate surface area is 106 Å². The van der Waals surface area contributed by atoms with Crippen LogP contribution in [-0.4, -0.2) is 25.0 Å². The van der Waals surface area contributed by atoms with Crippen LogP contribution in [-0.2, 0) is 19.1 Å². The van der Waals surface area contributed by atoms with Crippen LogP contribution in [0.2, 0.25) is 0 Å². The van der Waals surface area contributed by atoms with E-state index in [9.17, 15) is 14.4 Å². The minimum Gasteiger partial charge on any atom is -0.437 e. The average molecular weight is 254 g/mol. The quantitative estimate of drug-likeness (QED) is 0.302. The van der Waals surface area contributed by atoms with E-state index in [1.807, 2.05) is 0 Å². The molecule has 0 heterocycles. The molecular formula is C13H18O5. The molecule has 0 N–H and O–H groups in total. The van der Waals surface area contributed by atoms with E-state index in [4.69, 9.17) is 0 Å². The Morgan fingerprint density at radius 3 is 2.44 bits per heavy atom. The SMILES string of the molecule is C=CCCCCC(=O)C1(C(=O)OC(=O)OC)CC1. The number of methoxy groups -OCH3 is 1. The molecule has 0 unspecified atom stereocenters.